The fourth-order valence-electron chi connectivity index (χ4n) is 1.86. The van der Waals surface area contributed by atoms with Crippen LogP contribution in [0.2, 0.25) is 5.02 Å². The monoisotopic (exact) mass is 308 g/mol. The quantitative estimate of drug-likeness (QED) is 0.852. The lowest BCUT2D eigenvalue weighted by Crippen LogP contribution is -2.30. The Balaban J connectivity index is 1.78. The molecule has 0 bridgehead atoms. The summed E-state index contributed by atoms with van der Waals surface area (Å²) in [6.45, 7) is 2.71. The summed E-state index contributed by atoms with van der Waals surface area (Å²) in [6.07, 6.45) is 2.80. The van der Waals surface area contributed by atoms with Crippen molar-refractivity contribution >= 4 is 34.6 Å². The summed E-state index contributed by atoms with van der Waals surface area (Å²) in [5.74, 6) is 0. The van der Waals surface area contributed by atoms with Crippen LogP contribution in [-0.2, 0) is 13.5 Å². The summed E-state index contributed by atoms with van der Waals surface area (Å²) in [5, 5.41) is 11.9. The second kappa shape index (κ2) is 6.72. The van der Waals surface area contributed by atoms with Gasteiger partial charge in [-0.2, -0.15) is 5.10 Å². The molecule has 6 heteroatoms. The first-order valence-electron chi connectivity index (χ1n) is 6.34. The molecule has 2 aromatic rings. The van der Waals surface area contributed by atoms with Gasteiger partial charge in [-0.05, 0) is 43.3 Å². The summed E-state index contributed by atoms with van der Waals surface area (Å²) in [7, 11) is 1.88. The highest BCUT2D eigenvalue weighted by atomic mass is 35.5. The van der Waals surface area contributed by atoms with Crippen molar-refractivity contribution in [1.29, 1.82) is 0 Å². The fourth-order valence-corrected chi connectivity index (χ4v) is 2.20. The van der Waals surface area contributed by atoms with E-state index >= 15 is 0 Å². The van der Waals surface area contributed by atoms with Crippen molar-refractivity contribution in [3.05, 3.63) is 46.7 Å². The molecule has 0 aliphatic carbocycles. The van der Waals surface area contributed by atoms with Gasteiger partial charge in [-0.3, -0.25) is 4.68 Å². The first-order valence-corrected chi connectivity index (χ1v) is 7.13. The third-order valence-electron chi connectivity index (χ3n) is 2.87. The topological polar surface area (TPSA) is 41.9 Å². The first kappa shape index (κ1) is 14.8. The number of rotatable bonds is 4. The van der Waals surface area contributed by atoms with Gasteiger partial charge in [-0.1, -0.05) is 23.7 Å². The molecule has 0 radical (unpaired) electrons. The van der Waals surface area contributed by atoms with Gasteiger partial charge in [-0.15, -0.1) is 0 Å². The number of hydrogen-bond donors (Lipinski definition) is 2. The van der Waals surface area contributed by atoms with Gasteiger partial charge < -0.3 is 10.6 Å². The molecule has 1 aromatic carbocycles. The van der Waals surface area contributed by atoms with Crippen LogP contribution in [0.25, 0.3) is 0 Å². The molecule has 0 aliphatic heterocycles. The number of aryl methyl sites for hydroxylation is 2. The molecular formula is C14H17ClN4S. The first-order chi connectivity index (χ1) is 9.54. The van der Waals surface area contributed by atoms with E-state index < -0.39 is 0 Å². The number of hydrogen-bond acceptors (Lipinski definition) is 2. The van der Waals surface area contributed by atoms with E-state index in [4.69, 9.17) is 23.8 Å². The van der Waals surface area contributed by atoms with Crippen molar-refractivity contribution in [2.24, 2.45) is 7.05 Å². The highest BCUT2D eigenvalue weighted by Gasteiger charge is 2.04. The summed E-state index contributed by atoms with van der Waals surface area (Å²) in [5.41, 5.74) is 3.08. The predicted molar refractivity (Wildman–Crippen MR) is 87.3 cm³/mol. The molecule has 106 valence electrons. The van der Waals surface area contributed by atoms with E-state index in [0.29, 0.717) is 5.11 Å². The summed E-state index contributed by atoms with van der Waals surface area (Å²) < 4.78 is 1.76. The molecule has 0 fully saturated rings. The minimum absolute atomic E-state index is 0.607. The Morgan fingerprint density at radius 3 is 2.65 bits per heavy atom. The minimum atomic E-state index is 0.607. The summed E-state index contributed by atoms with van der Waals surface area (Å²) in [4.78, 5) is 0. The van der Waals surface area contributed by atoms with Gasteiger partial charge in [0.1, 0.15) is 0 Å². The van der Waals surface area contributed by atoms with E-state index in [2.05, 4.69) is 15.7 Å². The molecule has 2 N–H and O–H groups in total. The second-order valence-electron chi connectivity index (χ2n) is 4.56. The van der Waals surface area contributed by atoms with Crippen LogP contribution in [0.4, 0.5) is 5.69 Å². The lowest BCUT2D eigenvalue weighted by atomic mass is 10.1. The number of benzene rings is 1. The lowest BCUT2D eigenvalue weighted by molar-refractivity contribution is 0.756. The van der Waals surface area contributed by atoms with Gasteiger partial charge in [0.15, 0.2) is 5.11 Å². The van der Waals surface area contributed by atoms with Crippen LogP contribution in [0.15, 0.2) is 30.5 Å². The van der Waals surface area contributed by atoms with Crippen LogP contribution in [0, 0.1) is 6.92 Å². The van der Waals surface area contributed by atoms with Crippen LogP contribution < -0.4 is 10.6 Å². The fraction of sp³-hybridized carbons (Fsp3) is 0.286. The Bertz CT molecular complexity index is 592. The normalized spacial score (nSPS) is 10.3. The number of nitrogens with one attached hydrogen (secondary N) is 2. The van der Waals surface area contributed by atoms with E-state index in [9.17, 15) is 0 Å². The van der Waals surface area contributed by atoms with Gasteiger partial charge in [0.2, 0.25) is 0 Å². The van der Waals surface area contributed by atoms with Crippen LogP contribution in [0.1, 0.15) is 11.3 Å². The Morgan fingerprint density at radius 1 is 1.35 bits per heavy atom. The molecule has 4 nitrogen and oxygen atoms in total. The summed E-state index contributed by atoms with van der Waals surface area (Å²) in [6, 6.07) is 7.83. The highest BCUT2D eigenvalue weighted by molar-refractivity contribution is 7.80. The molecule has 0 saturated carbocycles. The van der Waals surface area contributed by atoms with E-state index in [1.165, 1.54) is 5.56 Å². The number of anilines is 1. The zero-order chi connectivity index (χ0) is 14.5. The average molecular weight is 309 g/mol. The molecule has 1 aromatic heterocycles. The number of thiocarbonyl (C=S) groups is 1. The molecule has 0 aliphatic rings. The van der Waals surface area contributed by atoms with Crippen molar-refractivity contribution in [3.63, 3.8) is 0 Å². The number of nitrogens with zero attached hydrogens (tertiary/aromatic N) is 2. The lowest BCUT2D eigenvalue weighted by Gasteiger charge is -2.09. The predicted octanol–water partition coefficient (Wildman–Crippen LogP) is 2.91. The molecular weight excluding hydrogens is 292 g/mol. The van der Waals surface area contributed by atoms with Crippen LogP contribution in [0.5, 0.6) is 0 Å². The van der Waals surface area contributed by atoms with Crippen molar-refractivity contribution < 1.29 is 0 Å². The zero-order valence-corrected chi connectivity index (χ0v) is 13.1. The SMILES string of the molecule is Cc1nn(C)cc1NC(=S)NCCc1ccc(Cl)cc1. The number of halogens is 1. The molecule has 2 rings (SSSR count). The van der Waals surface area contributed by atoms with Gasteiger partial charge in [0.25, 0.3) is 0 Å². The standard InChI is InChI=1S/C14H17ClN4S/c1-10-13(9-19(2)18-10)17-14(20)16-8-7-11-3-5-12(15)6-4-11/h3-6,9H,7-8H2,1-2H3,(H2,16,17,20). The van der Waals surface area contributed by atoms with Crippen molar-refractivity contribution in [1.82, 2.24) is 15.1 Å². The smallest absolute Gasteiger partial charge is 0.170 e. The highest BCUT2D eigenvalue weighted by Crippen LogP contribution is 2.11. The summed E-state index contributed by atoms with van der Waals surface area (Å²) >= 11 is 11.1. The molecule has 0 spiro atoms. The minimum Gasteiger partial charge on any atom is -0.362 e. The van der Waals surface area contributed by atoms with Crippen molar-refractivity contribution in [3.8, 4) is 0 Å². The molecule has 20 heavy (non-hydrogen) atoms. The van der Waals surface area contributed by atoms with Crippen LogP contribution >= 0.6 is 23.8 Å². The van der Waals surface area contributed by atoms with Crippen LogP contribution in [0.3, 0.4) is 0 Å². The van der Waals surface area contributed by atoms with Crippen molar-refractivity contribution in [2.45, 2.75) is 13.3 Å². The second-order valence-corrected chi connectivity index (χ2v) is 5.40. The Morgan fingerprint density at radius 2 is 2.05 bits per heavy atom. The number of aromatic nitrogens is 2. The van der Waals surface area contributed by atoms with E-state index in [-0.39, 0.29) is 0 Å². The van der Waals surface area contributed by atoms with Crippen LogP contribution in [-0.4, -0.2) is 21.4 Å². The van der Waals surface area contributed by atoms with Gasteiger partial charge >= 0.3 is 0 Å². The Hall–Kier alpha value is -1.59. The average Bonchev–Trinajstić information content (AvgIpc) is 2.70. The zero-order valence-electron chi connectivity index (χ0n) is 11.5. The maximum atomic E-state index is 5.85. The largest absolute Gasteiger partial charge is 0.362 e. The van der Waals surface area contributed by atoms with E-state index in [0.717, 1.165) is 29.4 Å². The van der Waals surface area contributed by atoms with Gasteiger partial charge in [0.05, 0.1) is 11.4 Å². The third kappa shape index (κ3) is 4.21. The van der Waals surface area contributed by atoms with E-state index in [1.807, 2.05) is 44.4 Å². The maximum Gasteiger partial charge on any atom is 0.170 e. The third-order valence-corrected chi connectivity index (χ3v) is 3.37. The van der Waals surface area contributed by atoms with E-state index in [1.54, 1.807) is 4.68 Å². The molecule has 0 saturated heterocycles. The van der Waals surface area contributed by atoms with Crippen molar-refractivity contribution in [2.75, 3.05) is 11.9 Å². The molecule has 0 amide bonds. The Kier molecular flexibility index (Phi) is 4.98. The molecule has 1 heterocycles. The Labute approximate surface area is 129 Å². The molecule has 0 atom stereocenters. The van der Waals surface area contributed by atoms with Gasteiger partial charge in [-0.25, -0.2) is 0 Å². The van der Waals surface area contributed by atoms with Gasteiger partial charge in [0, 0.05) is 24.8 Å². The molecule has 0 unspecified atom stereocenters. The maximum absolute atomic E-state index is 5.85.